The van der Waals surface area contributed by atoms with Crippen molar-refractivity contribution in [3.63, 3.8) is 0 Å². The summed E-state index contributed by atoms with van der Waals surface area (Å²) in [7, 11) is 0. The van der Waals surface area contributed by atoms with Gasteiger partial charge in [-0.25, -0.2) is 0 Å². The van der Waals surface area contributed by atoms with Gasteiger partial charge in [0.25, 0.3) is 17.5 Å². The zero-order valence-corrected chi connectivity index (χ0v) is 17.2. The Morgan fingerprint density at radius 2 is 1.83 bits per heavy atom. The number of benzene rings is 2. The first-order valence-corrected chi connectivity index (χ1v) is 9.58. The lowest BCUT2D eigenvalue weighted by Crippen LogP contribution is -2.35. The molecule has 0 aliphatic rings. The molecule has 0 radical (unpaired) electrons. The topological polar surface area (TPSA) is 139 Å². The first kappa shape index (κ1) is 22.8. The van der Waals surface area contributed by atoms with Crippen LogP contribution in [0.25, 0.3) is 6.08 Å². The van der Waals surface area contributed by atoms with Gasteiger partial charge in [0, 0.05) is 35.1 Å². The molecular weight excluding hydrogens is 458 g/mol. The lowest BCUT2D eigenvalue weighted by Gasteiger charge is -2.11. The molecule has 3 N–H and O–H groups in total. The molecule has 2 rings (SSSR count). The van der Waals surface area contributed by atoms with E-state index in [0.717, 1.165) is 4.47 Å². The molecule has 2 aromatic rings. The Bertz CT molecular complexity index is 988. The van der Waals surface area contributed by atoms with Crippen LogP contribution in [0.1, 0.15) is 28.8 Å². The summed E-state index contributed by atoms with van der Waals surface area (Å²) in [5, 5.41) is 24.7. The van der Waals surface area contributed by atoms with Gasteiger partial charge in [0.05, 0.1) is 4.92 Å². The monoisotopic (exact) mass is 475 g/mol. The van der Waals surface area contributed by atoms with Crippen LogP contribution in [0, 0.1) is 10.1 Å². The van der Waals surface area contributed by atoms with Crippen LogP contribution in [0.4, 0.5) is 5.69 Å². The van der Waals surface area contributed by atoms with Crippen LogP contribution < -0.4 is 10.6 Å². The lowest BCUT2D eigenvalue weighted by atomic mass is 10.1. The van der Waals surface area contributed by atoms with Crippen molar-refractivity contribution in [3.8, 4) is 0 Å². The number of carbonyl (C=O) groups excluding carboxylic acids is 2. The van der Waals surface area contributed by atoms with E-state index in [4.69, 9.17) is 5.11 Å². The average Bonchev–Trinajstić information content (AvgIpc) is 2.71. The van der Waals surface area contributed by atoms with Crippen molar-refractivity contribution in [1.29, 1.82) is 0 Å². The summed E-state index contributed by atoms with van der Waals surface area (Å²) in [4.78, 5) is 46.1. The van der Waals surface area contributed by atoms with E-state index in [0.29, 0.717) is 11.1 Å². The molecule has 2 aromatic carbocycles. The molecule has 0 spiro atoms. The summed E-state index contributed by atoms with van der Waals surface area (Å²) in [5.74, 6) is -2.17. The van der Waals surface area contributed by atoms with Gasteiger partial charge in [-0.3, -0.25) is 24.5 Å². The number of non-ortho nitro benzene ring substituents is 1. The van der Waals surface area contributed by atoms with Crippen LogP contribution in [0.5, 0.6) is 0 Å². The largest absolute Gasteiger partial charge is 0.481 e. The number of halogens is 1. The molecule has 0 saturated heterocycles. The standard InChI is InChI=1S/C20H18BrN3O6/c21-15-8-6-14(7-9-15)19(27)23-17(20(28)22-10-2-5-18(25)26)12-13-3-1-4-16(11-13)24(29)30/h1,3-4,6-9,11-12H,2,5,10H2,(H,22,28)(H,23,27)(H,25,26)/b17-12-. The van der Waals surface area contributed by atoms with E-state index in [1.54, 1.807) is 30.3 Å². The number of nitro groups is 1. The predicted octanol–water partition coefficient (Wildman–Crippen LogP) is 3.11. The number of nitro benzene ring substituents is 1. The summed E-state index contributed by atoms with van der Waals surface area (Å²) in [6.45, 7) is 0.0889. The SMILES string of the molecule is O=C(O)CCCNC(=O)/C(=C/c1cccc([N+](=O)[O-])c1)NC(=O)c1ccc(Br)cc1. The molecule has 2 amide bonds. The molecule has 0 bridgehead atoms. The van der Waals surface area contributed by atoms with Crippen LogP contribution in [-0.2, 0) is 9.59 Å². The van der Waals surface area contributed by atoms with Crippen molar-refractivity contribution in [2.75, 3.05) is 6.54 Å². The van der Waals surface area contributed by atoms with E-state index < -0.39 is 22.7 Å². The second-order valence-corrected chi connectivity index (χ2v) is 7.04. The number of aliphatic carboxylic acids is 1. The summed E-state index contributed by atoms with van der Waals surface area (Å²) in [5.41, 5.74) is 0.362. The molecule has 30 heavy (non-hydrogen) atoms. The minimum absolute atomic E-state index is 0.0889. The van der Waals surface area contributed by atoms with Gasteiger partial charge >= 0.3 is 5.97 Å². The van der Waals surface area contributed by atoms with Crippen LogP contribution in [-0.4, -0.2) is 34.4 Å². The number of rotatable bonds is 9. The first-order chi connectivity index (χ1) is 14.3. The maximum absolute atomic E-state index is 12.5. The first-order valence-electron chi connectivity index (χ1n) is 8.79. The number of carboxylic acids is 1. The van der Waals surface area contributed by atoms with Gasteiger partial charge in [-0.15, -0.1) is 0 Å². The summed E-state index contributed by atoms with van der Waals surface area (Å²) < 4.78 is 0.780. The van der Waals surface area contributed by atoms with E-state index in [1.165, 1.54) is 24.3 Å². The van der Waals surface area contributed by atoms with Crippen molar-refractivity contribution in [2.45, 2.75) is 12.8 Å². The highest BCUT2D eigenvalue weighted by Gasteiger charge is 2.15. The van der Waals surface area contributed by atoms with E-state index in [-0.39, 0.29) is 30.8 Å². The van der Waals surface area contributed by atoms with Crippen LogP contribution in [0.15, 0.2) is 58.7 Å². The Morgan fingerprint density at radius 1 is 1.13 bits per heavy atom. The average molecular weight is 476 g/mol. The van der Waals surface area contributed by atoms with E-state index in [1.807, 2.05) is 0 Å². The smallest absolute Gasteiger partial charge is 0.303 e. The third-order valence-corrected chi connectivity index (χ3v) is 4.37. The molecule has 0 aliphatic heterocycles. The summed E-state index contributed by atoms with van der Waals surface area (Å²) >= 11 is 3.27. The fourth-order valence-electron chi connectivity index (χ4n) is 2.39. The third kappa shape index (κ3) is 7.13. The summed E-state index contributed by atoms with van der Waals surface area (Å²) in [6.07, 6.45) is 1.41. The molecule has 10 heteroatoms. The van der Waals surface area contributed by atoms with Crippen molar-refractivity contribution in [1.82, 2.24) is 10.6 Å². The molecule has 9 nitrogen and oxygen atoms in total. The number of nitrogens with one attached hydrogen (secondary N) is 2. The second kappa shape index (κ2) is 10.9. The van der Waals surface area contributed by atoms with Crippen LogP contribution in [0.3, 0.4) is 0 Å². The fourth-order valence-corrected chi connectivity index (χ4v) is 2.65. The Morgan fingerprint density at radius 3 is 2.47 bits per heavy atom. The highest BCUT2D eigenvalue weighted by molar-refractivity contribution is 9.10. The van der Waals surface area contributed by atoms with Gasteiger partial charge in [0.2, 0.25) is 0 Å². The molecule has 0 aromatic heterocycles. The fraction of sp³-hybridized carbons (Fsp3) is 0.150. The maximum Gasteiger partial charge on any atom is 0.303 e. The number of amides is 2. The van der Waals surface area contributed by atoms with Crippen molar-refractivity contribution in [3.05, 3.63) is 79.9 Å². The van der Waals surface area contributed by atoms with Gasteiger partial charge in [0.15, 0.2) is 0 Å². The Kier molecular flexibility index (Phi) is 8.24. The second-order valence-electron chi connectivity index (χ2n) is 6.12. The third-order valence-electron chi connectivity index (χ3n) is 3.84. The van der Waals surface area contributed by atoms with Crippen LogP contribution in [0.2, 0.25) is 0 Å². The highest BCUT2D eigenvalue weighted by Crippen LogP contribution is 2.16. The van der Waals surface area contributed by atoms with Gasteiger partial charge < -0.3 is 15.7 Å². The van der Waals surface area contributed by atoms with Gasteiger partial charge in [-0.2, -0.15) is 0 Å². The zero-order chi connectivity index (χ0) is 22.1. The van der Waals surface area contributed by atoms with E-state index >= 15 is 0 Å². The molecule has 0 heterocycles. The Hall–Kier alpha value is -3.53. The molecule has 0 unspecified atom stereocenters. The molecule has 0 fully saturated rings. The van der Waals surface area contributed by atoms with Gasteiger partial charge in [-0.05, 0) is 42.3 Å². The highest BCUT2D eigenvalue weighted by atomic mass is 79.9. The summed E-state index contributed by atoms with van der Waals surface area (Å²) in [6, 6.07) is 12.1. The molecule has 0 atom stereocenters. The number of carboxylic acid groups (broad SMARTS) is 1. The normalized spacial score (nSPS) is 10.9. The minimum Gasteiger partial charge on any atom is -0.481 e. The molecule has 0 saturated carbocycles. The quantitative estimate of drug-likeness (QED) is 0.220. The number of hydrogen-bond donors (Lipinski definition) is 3. The van der Waals surface area contributed by atoms with Gasteiger partial charge in [-0.1, -0.05) is 28.1 Å². The lowest BCUT2D eigenvalue weighted by molar-refractivity contribution is -0.384. The number of hydrogen-bond acceptors (Lipinski definition) is 5. The van der Waals surface area contributed by atoms with Crippen molar-refractivity contribution < 1.29 is 24.4 Å². The number of nitrogens with zero attached hydrogens (tertiary/aromatic N) is 1. The molecule has 156 valence electrons. The molecule has 0 aliphatic carbocycles. The van der Waals surface area contributed by atoms with E-state index in [9.17, 15) is 24.5 Å². The predicted molar refractivity (Wildman–Crippen MR) is 113 cm³/mol. The van der Waals surface area contributed by atoms with Crippen molar-refractivity contribution >= 4 is 45.5 Å². The Labute approximate surface area is 180 Å². The van der Waals surface area contributed by atoms with Gasteiger partial charge in [0.1, 0.15) is 5.70 Å². The Balaban J connectivity index is 2.24. The van der Waals surface area contributed by atoms with E-state index in [2.05, 4.69) is 26.6 Å². The minimum atomic E-state index is -0.986. The zero-order valence-electron chi connectivity index (χ0n) is 15.6. The number of carbonyl (C=O) groups is 3. The van der Waals surface area contributed by atoms with Crippen molar-refractivity contribution in [2.24, 2.45) is 0 Å². The van der Waals surface area contributed by atoms with Crippen LogP contribution >= 0.6 is 15.9 Å². The molecular formula is C20H18BrN3O6. The maximum atomic E-state index is 12.5.